The van der Waals surface area contributed by atoms with Crippen LogP contribution in [0.2, 0.25) is 10.0 Å². The molecular weight excluding hydrogens is 409 g/mol. The quantitative estimate of drug-likeness (QED) is 0.542. The van der Waals surface area contributed by atoms with Gasteiger partial charge in [0.2, 0.25) is 0 Å². The van der Waals surface area contributed by atoms with Gasteiger partial charge in [0.1, 0.15) is 10.4 Å². The molecule has 1 N–H and O–H groups in total. The molecule has 0 aliphatic carbocycles. The maximum atomic E-state index is 12.6. The van der Waals surface area contributed by atoms with Crippen molar-refractivity contribution in [2.24, 2.45) is 0 Å². The number of aliphatic carboxylic acids is 1. The molecule has 1 unspecified atom stereocenters. The molecule has 0 bridgehead atoms. The molecule has 1 fully saturated rings. The van der Waals surface area contributed by atoms with Crippen LogP contribution in [0.1, 0.15) is 12.0 Å². The lowest BCUT2D eigenvalue weighted by Crippen LogP contribution is -2.44. The summed E-state index contributed by atoms with van der Waals surface area (Å²) < 4.78 is 0.241. The minimum absolute atomic E-state index is 0.241. The van der Waals surface area contributed by atoms with Crippen LogP contribution in [-0.4, -0.2) is 44.3 Å². The third-order valence-electron chi connectivity index (χ3n) is 3.26. The first kappa shape index (κ1) is 19.6. The molecule has 0 saturated carbocycles. The maximum Gasteiger partial charge on any atom is 0.326 e. The first-order chi connectivity index (χ1) is 11.3. The second-order valence-electron chi connectivity index (χ2n) is 4.85. The largest absolute Gasteiger partial charge is 0.480 e. The number of hydrogen-bond donors (Lipinski definition) is 1. The van der Waals surface area contributed by atoms with Gasteiger partial charge in [-0.3, -0.25) is 9.69 Å². The molecule has 4 nitrogen and oxygen atoms in total. The van der Waals surface area contributed by atoms with Crippen molar-refractivity contribution in [2.45, 2.75) is 12.5 Å². The van der Waals surface area contributed by atoms with Crippen molar-refractivity contribution in [2.75, 3.05) is 12.0 Å². The average Bonchev–Trinajstić information content (AvgIpc) is 2.78. The smallest absolute Gasteiger partial charge is 0.326 e. The fraction of sp³-hybridized carbons (Fsp3) is 0.267. The number of thioether (sulfide) groups is 2. The number of thiocarbonyl (C=S) groups is 1. The molecule has 9 heteroatoms. The number of carboxylic acids is 1. The number of carbonyl (C=O) groups is 2. The summed E-state index contributed by atoms with van der Waals surface area (Å²) in [6.07, 6.45) is 3.81. The Morgan fingerprint density at radius 3 is 2.79 bits per heavy atom. The summed E-state index contributed by atoms with van der Waals surface area (Å²) in [4.78, 5) is 25.7. The molecule has 0 radical (unpaired) electrons. The van der Waals surface area contributed by atoms with Gasteiger partial charge in [-0.1, -0.05) is 53.2 Å². The highest BCUT2D eigenvalue weighted by Gasteiger charge is 2.40. The summed E-state index contributed by atoms with van der Waals surface area (Å²) in [6, 6.07) is 3.98. The molecule has 1 saturated heterocycles. The molecule has 1 aromatic rings. The van der Waals surface area contributed by atoms with Gasteiger partial charge in [-0.2, -0.15) is 11.8 Å². The van der Waals surface area contributed by atoms with Crippen LogP contribution in [0.15, 0.2) is 23.1 Å². The van der Waals surface area contributed by atoms with Gasteiger partial charge in [0.25, 0.3) is 5.91 Å². The first-order valence-electron chi connectivity index (χ1n) is 6.79. The highest BCUT2D eigenvalue weighted by atomic mass is 35.5. The zero-order chi connectivity index (χ0) is 17.9. The van der Waals surface area contributed by atoms with Crippen LogP contribution in [-0.2, 0) is 9.59 Å². The Hall–Kier alpha value is -0.730. The van der Waals surface area contributed by atoms with Gasteiger partial charge < -0.3 is 5.11 Å². The molecule has 1 atom stereocenters. The standard InChI is InChI=1S/C15H13Cl2NO3S3/c1-23-5-4-11(14(20)21)18-13(19)12(24-15(18)22)6-8-2-3-9(16)7-10(8)17/h2-3,6-7,11H,4-5H2,1H3,(H,20,21)/b12-6+. The molecule has 0 aromatic heterocycles. The topological polar surface area (TPSA) is 57.6 Å². The third-order valence-corrected chi connectivity index (χ3v) is 5.80. The zero-order valence-corrected chi connectivity index (χ0v) is 16.5. The lowest BCUT2D eigenvalue weighted by molar-refractivity contribution is -0.145. The van der Waals surface area contributed by atoms with E-state index in [1.807, 2.05) is 6.26 Å². The molecule has 1 aromatic carbocycles. The molecule has 128 valence electrons. The number of benzene rings is 1. The van der Waals surface area contributed by atoms with E-state index in [0.29, 0.717) is 32.7 Å². The Bertz CT molecular complexity index is 724. The van der Waals surface area contributed by atoms with Gasteiger partial charge in [0.15, 0.2) is 0 Å². The van der Waals surface area contributed by atoms with E-state index in [1.54, 1.807) is 24.3 Å². The number of halogens is 2. The molecule has 1 amide bonds. The third kappa shape index (κ3) is 4.46. The molecule has 1 aliphatic rings. The van der Waals surface area contributed by atoms with Crippen LogP contribution < -0.4 is 0 Å². The van der Waals surface area contributed by atoms with Gasteiger partial charge in [-0.05, 0) is 42.2 Å². The Morgan fingerprint density at radius 2 is 2.21 bits per heavy atom. The van der Waals surface area contributed by atoms with Crippen molar-refractivity contribution in [1.82, 2.24) is 4.90 Å². The van der Waals surface area contributed by atoms with Gasteiger partial charge >= 0.3 is 5.97 Å². The summed E-state index contributed by atoms with van der Waals surface area (Å²) >= 11 is 19.8. The summed E-state index contributed by atoms with van der Waals surface area (Å²) in [5.74, 6) is -0.855. The van der Waals surface area contributed by atoms with Gasteiger partial charge in [0, 0.05) is 10.0 Å². The predicted molar refractivity (Wildman–Crippen MR) is 106 cm³/mol. The fourth-order valence-electron chi connectivity index (χ4n) is 2.10. The minimum Gasteiger partial charge on any atom is -0.480 e. The number of rotatable bonds is 6. The van der Waals surface area contributed by atoms with Crippen molar-refractivity contribution in [1.29, 1.82) is 0 Å². The van der Waals surface area contributed by atoms with Crippen molar-refractivity contribution < 1.29 is 14.7 Å². The second-order valence-corrected chi connectivity index (χ2v) is 8.36. The van der Waals surface area contributed by atoms with Crippen molar-refractivity contribution in [3.8, 4) is 0 Å². The van der Waals surface area contributed by atoms with E-state index in [4.69, 9.17) is 35.4 Å². The lowest BCUT2D eigenvalue weighted by atomic mass is 10.1. The Kier molecular flexibility index (Phi) is 7.00. The van der Waals surface area contributed by atoms with Gasteiger partial charge in [0.05, 0.1) is 4.91 Å². The molecular formula is C15H13Cl2NO3S3. The summed E-state index contributed by atoms with van der Waals surface area (Å²) in [6.45, 7) is 0. The average molecular weight is 422 g/mol. The number of carboxylic acid groups (broad SMARTS) is 1. The van der Waals surface area contributed by atoms with Gasteiger partial charge in [-0.25, -0.2) is 4.79 Å². The number of amides is 1. The molecule has 2 rings (SSSR count). The van der Waals surface area contributed by atoms with E-state index in [2.05, 4.69) is 0 Å². The Morgan fingerprint density at radius 1 is 1.50 bits per heavy atom. The Balaban J connectivity index is 2.30. The predicted octanol–water partition coefficient (Wildman–Crippen LogP) is 4.40. The Labute approximate surface area is 163 Å². The summed E-state index contributed by atoms with van der Waals surface area (Å²) in [7, 11) is 0. The van der Waals surface area contributed by atoms with E-state index in [-0.39, 0.29) is 4.32 Å². The highest BCUT2D eigenvalue weighted by molar-refractivity contribution is 8.26. The fourth-order valence-corrected chi connectivity index (χ4v) is 4.37. The van der Waals surface area contributed by atoms with Crippen LogP contribution in [0.25, 0.3) is 6.08 Å². The van der Waals surface area contributed by atoms with Crippen LogP contribution in [0, 0.1) is 0 Å². The van der Waals surface area contributed by atoms with Crippen molar-refractivity contribution in [3.05, 3.63) is 38.7 Å². The molecule has 1 heterocycles. The monoisotopic (exact) mass is 421 g/mol. The van der Waals surface area contributed by atoms with Gasteiger partial charge in [-0.15, -0.1) is 0 Å². The highest BCUT2D eigenvalue weighted by Crippen LogP contribution is 2.36. The minimum atomic E-state index is -1.06. The number of nitrogens with zero attached hydrogens (tertiary/aromatic N) is 1. The number of carbonyl (C=O) groups excluding carboxylic acids is 1. The van der Waals surface area contributed by atoms with Crippen molar-refractivity contribution in [3.63, 3.8) is 0 Å². The molecule has 0 spiro atoms. The van der Waals surface area contributed by atoms with Crippen LogP contribution in [0.4, 0.5) is 0 Å². The van der Waals surface area contributed by atoms with Crippen LogP contribution in [0.3, 0.4) is 0 Å². The summed E-state index contributed by atoms with van der Waals surface area (Å²) in [5.41, 5.74) is 0.623. The van der Waals surface area contributed by atoms with E-state index in [0.717, 1.165) is 11.8 Å². The zero-order valence-electron chi connectivity index (χ0n) is 12.5. The lowest BCUT2D eigenvalue weighted by Gasteiger charge is -2.22. The van der Waals surface area contributed by atoms with E-state index in [1.165, 1.54) is 16.7 Å². The maximum absolute atomic E-state index is 12.6. The molecule has 1 aliphatic heterocycles. The van der Waals surface area contributed by atoms with Crippen LogP contribution in [0.5, 0.6) is 0 Å². The van der Waals surface area contributed by atoms with Crippen LogP contribution >= 0.6 is 58.9 Å². The van der Waals surface area contributed by atoms with Crippen molar-refractivity contribution >= 4 is 81.2 Å². The second kappa shape index (κ2) is 8.58. The van der Waals surface area contributed by atoms with E-state index >= 15 is 0 Å². The first-order valence-corrected chi connectivity index (χ1v) is 10.2. The SMILES string of the molecule is CSCCC(C(=O)O)N1C(=O)/C(=C\c2ccc(Cl)cc2Cl)SC1=S. The molecule has 24 heavy (non-hydrogen) atoms. The normalized spacial score (nSPS) is 17.6. The summed E-state index contributed by atoms with van der Waals surface area (Å²) in [5, 5.41) is 10.3. The number of hydrogen-bond acceptors (Lipinski definition) is 5. The van der Waals surface area contributed by atoms with E-state index < -0.39 is 17.9 Å². The van der Waals surface area contributed by atoms with E-state index in [9.17, 15) is 14.7 Å².